The van der Waals surface area contributed by atoms with Crippen LogP contribution in [-0.2, 0) is 4.79 Å². The smallest absolute Gasteiger partial charge is 0.233 e. The van der Waals surface area contributed by atoms with Crippen molar-refractivity contribution < 1.29 is 4.79 Å². The Balaban J connectivity index is 2.65. The molecule has 0 fully saturated rings. The molecule has 0 heterocycles. The van der Waals surface area contributed by atoms with E-state index in [1.54, 1.807) is 19.2 Å². The van der Waals surface area contributed by atoms with E-state index in [2.05, 4.69) is 10.6 Å². The SMILES string of the molecule is CNC(=O)CNC(C)c1ccc(Cl)cc1Cl. The van der Waals surface area contributed by atoms with E-state index in [9.17, 15) is 4.79 Å². The maximum Gasteiger partial charge on any atom is 0.233 e. The Morgan fingerprint density at radius 3 is 2.69 bits per heavy atom. The van der Waals surface area contributed by atoms with Gasteiger partial charge in [0.15, 0.2) is 0 Å². The summed E-state index contributed by atoms with van der Waals surface area (Å²) in [5.41, 5.74) is 0.926. The van der Waals surface area contributed by atoms with Crippen molar-refractivity contribution in [2.24, 2.45) is 0 Å². The Kier molecular flexibility index (Phi) is 5.06. The molecule has 1 aromatic carbocycles. The summed E-state index contributed by atoms with van der Waals surface area (Å²) in [7, 11) is 1.60. The van der Waals surface area contributed by atoms with Crippen molar-refractivity contribution in [2.75, 3.05) is 13.6 Å². The van der Waals surface area contributed by atoms with Crippen LogP contribution >= 0.6 is 23.2 Å². The van der Waals surface area contributed by atoms with Gasteiger partial charge in [-0.05, 0) is 24.6 Å². The molecule has 1 unspecified atom stereocenters. The molecule has 0 aliphatic heterocycles. The molecule has 3 nitrogen and oxygen atoms in total. The van der Waals surface area contributed by atoms with Crippen molar-refractivity contribution in [1.82, 2.24) is 10.6 Å². The van der Waals surface area contributed by atoms with Gasteiger partial charge in [-0.3, -0.25) is 4.79 Å². The first-order chi connectivity index (χ1) is 7.54. The van der Waals surface area contributed by atoms with Gasteiger partial charge in [-0.15, -0.1) is 0 Å². The van der Waals surface area contributed by atoms with Gasteiger partial charge in [-0.2, -0.15) is 0 Å². The van der Waals surface area contributed by atoms with Crippen molar-refractivity contribution in [3.63, 3.8) is 0 Å². The van der Waals surface area contributed by atoms with Gasteiger partial charge in [0.2, 0.25) is 5.91 Å². The van der Waals surface area contributed by atoms with E-state index in [4.69, 9.17) is 23.2 Å². The van der Waals surface area contributed by atoms with E-state index in [-0.39, 0.29) is 18.5 Å². The van der Waals surface area contributed by atoms with Crippen LogP contribution < -0.4 is 10.6 Å². The first kappa shape index (κ1) is 13.3. The second-order valence-electron chi connectivity index (χ2n) is 3.44. The standard InChI is InChI=1S/C11H14Cl2N2O/c1-7(15-6-11(16)14-2)9-4-3-8(12)5-10(9)13/h3-5,7,15H,6H2,1-2H3,(H,14,16). The zero-order valence-electron chi connectivity index (χ0n) is 9.18. The summed E-state index contributed by atoms with van der Waals surface area (Å²) in [6.07, 6.45) is 0. The normalized spacial score (nSPS) is 12.2. The van der Waals surface area contributed by atoms with Gasteiger partial charge in [-0.25, -0.2) is 0 Å². The predicted molar refractivity (Wildman–Crippen MR) is 66.9 cm³/mol. The molecule has 0 saturated carbocycles. The average molecular weight is 261 g/mol. The lowest BCUT2D eigenvalue weighted by Gasteiger charge is -2.15. The zero-order valence-corrected chi connectivity index (χ0v) is 10.7. The molecule has 0 bridgehead atoms. The Morgan fingerprint density at radius 2 is 2.12 bits per heavy atom. The number of benzene rings is 1. The lowest BCUT2D eigenvalue weighted by atomic mass is 10.1. The molecule has 0 aliphatic rings. The maximum atomic E-state index is 11.1. The van der Waals surface area contributed by atoms with Crippen LogP contribution in [0.15, 0.2) is 18.2 Å². The molecule has 1 atom stereocenters. The van der Waals surface area contributed by atoms with E-state index in [1.165, 1.54) is 0 Å². The number of carbonyl (C=O) groups excluding carboxylic acids is 1. The molecule has 0 spiro atoms. The monoisotopic (exact) mass is 260 g/mol. The molecule has 0 radical (unpaired) electrons. The number of rotatable bonds is 4. The Morgan fingerprint density at radius 1 is 1.44 bits per heavy atom. The van der Waals surface area contributed by atoms with E-state index >= 15 is 0 Å². The van der Waals surface area contributed by atoms with E-state index < -0.39 is 0 Å². The number of amides is 1. The third-order valence-electron chi connectivity index (χ3n) is 2.28. The van der Waals surface area contributed by atoms with Crippen LogP contribution in [0.25, 0.3) is 0 Å². The van der Waals surface area contributed by atoms with Crippen molar-refractivity contribution >= 4 is 29.1 Å². The fourth-order valence-corrected chi connectivity index (χ4v) is 1.87. The van der Waals surface area contributed by atoms with Gasteiger partial charge in [0.1, 0.15) is 0 Å². The minimum atomic E-state index is -0.0584. The molecule has 16 heavy (non-hydrogen) atoms. The van der Waals surface area contributed by atoms with Crippen LogP contribution in [0.4, 0.5) is 0 Å². The quantitative estimate of drug-likeness (QED) is 0.873. The van der Waals surface area contributed by atoms with Gasteiger partial charge in [0.25, 0.3) is 0 Å². The predicted octanol–water partition coefficient (Wildman–Crippen LogP) is 2.39. The van der Waals surface area contributed by atoms with Gasteiger partial charge in [0, 0.05) is 23.1 Å². The molecule has 1 rings (SSSR count). The van der Waals surface area contributed by atoms with Crippen molar-refractivity contribution in [3.05, 3.63) is 33.8 Å². The highest BCUT2D eigenvalue weighted by Crippen LogP contribution is 2.25. The molecule has 1 aromatic rings. The summed E-state index contributed by atoms with van der Waals surface area (Å²) in [5.74, 6) is -0.0584. The maximum absolute atomic E-state index is 11.1. The highest BCUT2D eigenvalue weighted by Gasteiger charge is 2.10. The van der Waals surface area contributed by atoms with Crippen LogP contribution in [0.5, 0.6) is 0 Å². The van der Waals surface area contributed by atoms with E-state index in [0.717, 1.165) is 5.56 Å². The first-order valence-corrected chi connectivity index (χ1v) is 5.69. The highest BCUT2D eigenvalue weighted by molar-refractivity contribution is 6.35. The highest BCUT2D eigenvalue weighted by atomic mass is 35.5. The Hall–Kier alpha value is -0.770. The lowest BCUT2D eigenvalue weighted by molar-refractivity contribution is -0.119. The fourth-order valence-electron chi connectivity index (χ4n) is 1.30. The van der Waals surface area contributed by atoms with E-state index in [0.29, 0.717) is 10.0 Å². The summed E-state index contributed by atoms with van der Waals surface area (Å²) in [6, 6.07) is 5.32. The molecule has 88 valence electrons. The van der Waals surface area contributed by atoms with Gasteiger partial charge >= 0.3 is 0 Å². The topological polar surface area (TPSA) is 41.1 Å². The zero-order chi connectivity index (χ0) is 12.1. The number of nitrogens with one attached hydrogen (secondary N) is 2. The second kappa shape index (κ2) is 6.09. The molecule has 0 saturated heterocycles. The third kappa shape index (κ3) is 3.67. The van der Waals surface area contributed by atoms with Crippen LogP contribution in [0.2, 0.25) is 10.0 Å². The molecular formula is C11H14Cl2N2O. The minimum Gasteiger partial charge on any atom is -0.358 e. The first-order valence-electron chi connectivity index (χ1n) is 4.93. The summed E-state index contributed by atoms with van der Waals surface area (Å²) in [6.45, 7) is 2.20. The van der Waals surface area contributed by atoms with Crippen molar-refractivity contribution in [3.8, 4) is 0 Å². The van der Waals surface area contributed by atoms with E-state index in [1.807, 2.05) is 13.0 Å². The summed E-state index contributed by atoms with van der Waals surface area (Å²) in [4.78, 5) is 11.1. The number of hydrogen-bond acceptors (Lipinski definition) is 2. The van der Waals surface area contributed by atoms with Crippen LogP contribution in [-0.4, -0.2) is 19.5 Å². The molecule has 5 heteroatoms. The van der Waals surface area contributed by atoms with Crippen LogP contribution in [0.3, 0.4) is 0 Å². The average Bonchev–Trinajstić information content (AvgIpc) is 2.25. The molecule has 2 N–H and O–H groups in total. The van der Waals surface area contributed by atoms with Gasteiger partial charge in [0.05, 0.1) is 6.54 Å². The largest absolute Gasteiger partial charge is 0.358 e. The van der Waals surface area contributed by atoms with Crippen molar-refractivity contribution in [1.29, 1.82) is 0 Å². The molecular weight excluding hydrogens is 247 g/mol. The second-order valence-corrected chi connectivity index (χ2v) is 4.29. The summed E-state index contributed by atoms with van der Waals surface area (Å²) < 4.78 is 0. The minimum absolute atomic E-state index is 0.00191. The van der Waals surface area contributed by atoms with Crippen LogP contribution in [0.1, 0.15) is 18.5 Å². The molecule has 0 aromatic heterocycles. The number of carbonyl (C=O) groups is 1. The van der Waals surface area contributed by atoms with Crippen LogP contribution in [0, 0.1) is 0 Å². The summed E-state index contributed by atoms with van der Waals surface area (Å²) in [5, 5.41) is 6.82. The van der Waals surface area contributed by atoms with Gasteiger partial charge < -0.3 is 10.6 Å². The Labute approximate surface area is 105 Å². The van der Waals surface area contributed by atoms with Crippen molar-refractivity contribution in [2.45, 2.75) is 13.0 Å². The fraction of sp³-hybridized carbons (Fsp3) is 0.364. The lowest BCUT2D eigenvalue weighted by Crippen LogP contribution is -2.32. The third-order valence-corrected chi connectivity index (χ3v) is 2.84. The Bertz CT molecular complexity index is 382. The number of likely N-dealkylation sites (N-methyl/N-ethyl adjacent to an activating group) is 1. The molecule has 1 amide bonds. The molecule has 0 aliphatic carbocycles. The van der Waals surface area contributed by atoms with Gasteiger partial charge in [-0.1, -0.05) is 29.3 Å². The number of halogens is 2. The summed E-state index contributed by atoms with van der Waals surface area (Å²) >= 11 is 11.9. The number of hydrogen-bond donors (Lipinski definition) is 2.